The van der Waals surface area contributed by atoms with E-state index in [1.807, 2.05) is 19.1 Å². The van der Waals surface area contributed by atoms with Crippen LogP contribution in [0.3, 0.4) is 0 Å². The number of aromatic nitrogens is 6. The summed E-state index contributed by atoms with van der Waals surface area (Å²) >= 11 is 0. The van der Waals surface area contributed by atoms with Crippen LogP contribution in [0.2, 0.25) is 0 Å². The highest BCUT2D eigenvalue weighted by Gasteiger charge is 2.16. The Labute approximate surface area is 151 Å². The fraction of sp³-hybridized carbons (Fsp3) is 0.353. The van der Waals surface area contributed by atoms with Gasteiger partial charge in [0.1, 0.15) is 23.7 Å². The molecular weight excluding hydrogens is 336 g/mol. The molecule has 0 fully saturated rings. The molecule has 0 unspecified atom stereocenters. The number of hydrogen-bond donors (Lipinski definition) is 0. The molecule has 9 heteroatoms. The summed E-state index contributed by atoms with van der Waals surface area (Å²) in [5, 5.41) is 8.29. The molecule has 0 spiro atoms. The van der Waals surface area contributed by atoms with E-state index in [9.17, 15) is 0 Å². The van der Waals surface area contributed by atoms with Gasteiger partial charge in [-0.25, -0.2) is 14.6 Å². The Morgan fingerprint density at radius 1 is 1.08 bits per heavy atom. The smallest absolute Gasteiger partial charge is 0.317 e. The van der Waals surface area contributed by atoms with Crippen molar-refractivity contribution < 1.29 is 14.2 Å². The Kier molecular flexibility index (Phi) is 5.37. The second-order valence-electron chi connectivity index (χ2n) is 5.54. The number of nitrogens with zero attached hydrogens (tertiary/aromatic N) is 6. The topological polar surface area (TPSA) is 97.1 Å². The zero-order valence-corrected chi connectivity index (χ0v) is 15.1. The van der Waals surface area contributed by atoms with Crippen molar-refractivity contribution >= 4 is 0 Å². The van der Waals surface area contributed by atoms with Crippen molar-refractivity contribution in [1.82, 2.24) is 29.9 Å². The summed E-state index contributed by atoms with van der Waals surface area (Å²) in [4.78, 5) is 12.9. The zero-order chi connectivity index (χ0) is 18.5. The minimum absolute atomic E-state index is 0.210. The van der Waals surface area contributed by atoms with Gasteiger partial charge >= 0.3 is 6.01 Å². The van der Waals surface area contributed by atoms with Gasteiger partial charge in [-0.2, -0.15) is 4.98 Å². The summed E-state index contributed by atoms with van der Waals surface area (Å²) < 4.78 is 17.7. The first kappa shape index (κ1) is 17.7. The molecule has 3 heterocycles. The first-order valence-electron chi connectivity index (χ1n) is 7.96. The number of methoxy groups -OCH3 is 2. The van der Waals surface area contributed by atoms with E-state index in [2.05, 4.69) is 25.3 Å². The molecule has 0 saturated carbocycles. The Morgan fingerprint density at radius 2 is 1.92 bits per heavy atom. The van der Waals surface area contributed by atoms with E-state index in [1.54, 1.807) is 38.2 Å². The largest absolute Gasteiger partial charge is 0.495 e. The lowest BCUT2D eigenvalue weighted by Crippen LogP contribution is -2.07. The first-order chi connectivity index (χ1) is 12.6. The fourth-order valence-electron chi connectivity index (χ4n) is 2.44. The van der Waals surface area contributed by atoms with E-state index in [1.165, 1.54) is 0 Å². The van der Waals surface area contributed by atoms with Gasteiger partial charge in [0, 0.05) is 20.4 Å². The standard InChI is InChI=1S/C17H20N6O3/c1-11-15(25-4)6-5-13(19-11)16-14(23(2)22-21-16)10-26-17-18-8-7-12(20-17)9-24-3/h5-8H,9-10H2,1-4H3. The quantitative estimate of drug-likeness (QED) is 0.631. The molecule has 26 heavy (non-hydrogen) atoms. The van der Waals surface area contributed by atoms with Crippen LogP contribution in [-0.2, 0) is 25.0 Å². The average molecular weight is 356 g/mol. The zero-order valence-electron chi connectivity index (χ0n) is 15.1. The van der Waals surface area contributed by atoms with Gasteiger partial charge in [-0.15, -0.1) is 5.10 Å². The van der Waals surface area contributed by atoms with Crippen molar-refractivity contribution in [2.24, 2.45) is 7.05 Å². The lowest BCUT2D eigenvalue weighted by atomic mass is 10.2. The molecule has 3 aromatic heterocycles. The molecule has 0 aliphatic carbocycles. The van der Waals surface area contributed by atoms with E-state index in [4.69, 9.17) is 14.2 Å². The van der Waals surface area contributed by atoms with Gasteiger partial charge in [0.25, 0.3) is 0 Å². The van der Waals surface area contributed by atoms with Crippen LogP contribution in [0.25, 0.3) is 11.4 Å². The van der Waals surface area contributed by atoms with Gasteiger partial charge in [0.15, 0.2) is 0 Å². The summed E-state index contributed by atoms with van der Waals surface area (Å²) in [5.41, 5.74) is 3.63. The third-order valence-corrected chi connectivity index (χ3v) is 3.76. The lowest BCUT2D eigenvalue weighted by molar-refractivity contribution is 0.179. The van der Waals surface area contributed by atoms with Gasteiger partial charge < -0.3 is 14.2 Å². The monoisotopic (exact) mass is 356 g/mol. The molecule has 0 N–H and O–H groups in total. The van der Waals surface area contributed by atoms with E-state index in [0.717, 1.165) is 22.8 Å². The summed E-state index contributed by atoms with van der Waals surface area (Å²) in [6, 6.07) is 5.74. The first-order valence-corrected chi connectivity index (χ1v) is 7.96. The van der Waals surface area contributed by atoms with Crippen molar-refractivity contribution in [2.45, 2.75) is 20.1 Å². The Hall–Kier alpha value is -3.07. The SMILES string of the molecule is COCc1ccnc(OCc2c(-c3ccc(OC)c(C)n3)nnn2C)n1. The lowest BCUT2D eigenvalue weighted by Gasteiger charge is -2.08. The molecule has 3 rings (SSSR count). The maximum absolute atomic E-state index is 5.72. The van der Waals surface area contributed by atoms with Crippen molar-refractivity contribution in [3.05, 3.63) is 41.5 Å². The van der Waals surface area contributed by atoms with Gasteiger partial charge in [-0.3, -0.25) is 0 Å². The average Bonchev–Trinajstić information content (AvgIpc) is 3.01. The summed E-state index contributed by atoms with van der Waals surface area (Å²) in [7, 11) is 5.02. The fourth-order valence-corrected chi connectivity index (χ4v) is 2.44. The number of ether oxygens (including phenoxy) is 3. The second kappa shape index (κ2) is 7.87. The van der Waals surface area contributed by atoms with Crippen LogP contribution < -0.4 is 9.47 Å². The third-order valence-electron chi connectivity index (χ3n) is 3.76. The number of pyridine rings is 1. The maximum Gasteiger partial charge on any atom is 0.317 e. The minimum Gasteiger partial charge on any atom is -0.495 e. The molecule has 9 nitrogen and oxygen atoms in total. The van der Waals surface area contributed by atoms with Crippen LogP contribution >= 0.6 is 0 Å². The Balaban J connectivity index is 1.82. The molecule has 0 aliphatic rings. The molecule has 136 valence electrons. The Bertz CT molecular complexity index is 896. The molecule has 3 aromatic rings. The van der Waals surface area contributed by atoms with Gasteiger partial charge in [-0.05, 0) is 25.1 Å². The predicted molar refractivity (Wildman–Crippen MR) is 92.6 cm³/mol. The van der Waals surface area contributed by atoms with Crippen LogP contribution in [0.4, 0.5) is 0 Å². The molecule has 0 aromatic carbocycles. The molecule has 0 amide bonds. The normalized spacial score (nSPS) is 10.8. The molecule has 0 aliphatic heterocycles. The Morgan fingerprint density at radius 3 is 2.65 bits per heavy atom. The van der Waals surface area contributed by atoms with Crippen LogP contribution in [0.1, 0.15) is 17.1 Å². The predicted octanol–water partition coefficient (Wildman–Crippen LogP) is 1.71. The van der Waals surface area contributed by atoms with Crippen LogP contribution in [0.5, 0.6) is 11.8 Å². The van der Waals surface area contributed by atoms with Crippen LogP contribution in [0.15, 0.2) is 24.4 Å². The number of hydrogen-bond acceptors (Lipinski definition) is 8. The van der Waals surface area contributed by atoms with Gasteiger partial charge in [0.05, 0.1) is 30.8 Å². The van der Waals surface area contributed by atoms with Crippen molar-refractivity contribution in [3.8, 4) is 23.1 Å². The summed E-state index contributed by atoms with van der Waals surface area (Å²) in [5.74, 6) is 0.721. The molecular formula is C17H20N6O3. The van der Waals surface area contributed by atoms with Gasteiger partial charge in [-0.1, -0.05) is 5.21 Å². The highest BCUT2D eigenvalue weighted by molar-refractivity contribution is 5.58. The highest BCUT2D eigenvalue weighted by Crippen LogP contribution is 2.24. The highest BCUT2D eigenvalue weighted by atomic mass is 16.5. The summed E-state index contributed by atoms with van der Waals surface area (Å²) in [6.45, 7) is 2.48. The number of rotatable bonds is 7. The van der Waals surface area contributed by atoms with Crippen molar-refractivity contribution in [3.63, 3.8) is 0 Å². The second-order valence-corrected chi connectivity index (χ2v) is 5.54. The van der Waals surface area contributed by atoms with E-state index >= 15 is 0 Å². The number of aryl methyl sites for hydroxylation is 2. The van der Waals surface area contributed by atoms with Crippen molar-refractivity contribution in [2.75, 3.05) is 14.2 Å². The maximum atomic E-state index is 5.72. The molecule has 0 atom stereocenters. The molecule has 0 radical (unpaired) electrons. The minimum atomic E-state index is 0.210. The molecule has 0 bridgehead atoms. The van der Waals surface area contributed by atoms with E-state index < -0.39 is 0 Å². The van der Waals surface area contributed by atoms with E-state index in [-0.39, 0.29) is 12.6 Å². The van der Waals surface area contributed by atoms with E-state index in [0.29, 0.717) is 18.0 Å². The summed E-state index contributed by atoms with van der Waals surface area (Å²) in [6.07, 6.45) is 1.63. The van der Waals surface area contributed by atoms with Crippen LogP contribution in [-0.4, -0.2) is 44.2 Å². The molecule has 0 saturated heterocycles. The van der Waals surface area contributed by atoms with Crippen LogP contribution in [0, 0.1) is 6.92 Å². The third kappa shape index (κ3) is 3.77. The van der Waals surface area contributed by atoms with Gasteiger partial charge in [0.2, 0.25) is 0 Å². The van der Waals surface area contributed by atoms with Crippen molar-refractivity contribution in [1.29, 1.82) is 0 Å².